The molecule has 1 heterocycles. The predicted octanol–water partition coefficient (Wildman–Crippen LogP) is 6.36. The van der Waals surface area contributed by atoms with Gasteiger partial charge in [0.25, 0.3) is 11.1 Å². The fourth-order valence-electron chi connectivity index (χ4n) is 3.15. The highest BCUT2D eigenvalue weighted by Gasteiger charge is 2.36. The normalized spacial score (nSPS) is 14.5. The second-order valence-electron chi connectivity index (χ2n) is 7.28. The van der Waals surface area contributed by atoms with Crippen LogP contribution in [0.25, 0.3) is 6.08 Å². The molecule has 1 aliphatic rings. The molecule has 3 aromatic carbocycles. The average Bonchev–Trinajstić information content (AvgIpc) is 3.08. The second kappa shape index (κ2) is 10.9. The Morgan fingerprint density at radius 2 is 1.79 bits per heavy atom. The summed E-state index contributed by atoms with van der Waals surface area (Å²) in [4.78, 5) is 38.9. The standard InChI is InChI=1S/C25H18BrClN2O4S/c26-18-6-11-21(33-15-16-4-2-1-3-5-16)17(12-18)13-22-24(31)29(25(32)34-22)14-23(30)28-20-9-7-19(27)8-10-20/h1-13H,14-15H2,(H,28,30)/b22-13-. The number of amides is 3. The van der Waals surface area contributed by atoms with Gasteiger partial charge in [0, 0.05) is 20.7 Å². The van der Waals surface area contributed by atoms with Crippen LogP contribution in [0.5, 0.6) is 5.75 Å². The van der Waals surface area contributed by atoms with Gasteiger partial charge in [0.1, 0.15) is 18.9 Å². The van der Waals surface area contributed by atoms with E-state index in [4.69, 9.17) is 16.3 Å². The molecule has 172 valence electrons. The lowest BCUT2D eigenvalue weighted by Gasteiger charge is -2.13. The zero-order chi connectivity index (χ0) is 24.1. The van der Waals surface area contributed by atoms with Crippen LogP contribution in [0.4, 0.5) is 10.5 Å². The van der Waals surface area contributed by atoms with Crippen molar-refractivity contribution in [2.75, 3.05) is 11.9 Å². The predicted molar refractivity (Wildman–Crippen MR) is 138 cm³/mol. The van der Waals surface area contributed by atoms with E-state index in [9.17, 15) is 14.4 Å². The maximum absolute atomic E-state index is 12.9. The van der Waals surface area contributed by atoms with Gasteiger partial charge in [-0.05, 0) is 65.9 Å². The zero-order valence-electron chi connectivity index (χ0n) is 17.7. The molecule has 3 amide bonds. The number of carbonyl (C=O) groups excluding carboxylic acids is 3. The number of anilines is 1. The first kappa shape index (κ1) is 24.1. The maximum atomic E-state index is 12.9. The van der Waals surface area contributed by atoms with E-state index in [1.54, 1.807) is 36.4 Å². The topological polar surface area (TPSA) is 75.7 Å². The van der Waals surface area contributed by atoms with E-state index in [1.165, 1.54) is 0 Å². The highest BCUT2D eigenvalue weighted by Crippen LogP contribution is 2.35. The van der Waals surface area contributed by atoms with Crippen molar-refractivity contribution >= 4 is 68.1 Å². The van der Waals surface area contributed by atoms with Gasteiger partial charge >= 0.3 is 0 Å². The monoisotopic (exact) mass is 556 g/mol. The lowest BCUT2D eigenvalue weighted by atomic mass is 10.1. The molecular formula is C25H18BrClN2O4S. The van der Waals surface area contributed by atoms with Crippen LogP contribution in [0, 0.1) is 0 Å². The van der Waals surface area contributed by atoms with Crippen LogP contribution in [0.2, 0.25) is 5.02 Å². The van der Waals surface area contributed by atoms with Gasteiger partial charge in [-0.25, -0.2) is 0 Å². The van der Waals surface area contributed by atoms with Crippen molar-refractivity contribution in [3.8, 4) is 5.75 Å². The van der Waals surface area contributed by atoms with Gasteiger partial charge in [-0.1, -0.05) is 57.9 Å². The number of benzene rings is 3. The summed E-state index contributed by atoms with van der Waals surface area (Å²) in [6.45, 7) is -0.0316. The summed E-state index contributed by atoms with van der Waals surface area (Å²) in [5.74, 6) is -0.449. The highest BCUT2D eigenvalue weighted by atomic mass is 79.9. The number of nitrogens with zero attached hydrogens (tertiary/aromatic N) is 1. The van der Waals surface area contributed by atoms with E-state index in [0.717, 1.165) is 26.7 Å². The Kier molecular flexibility index (Phi) is 7.72. The first-order valence-corrected chi connectivity index (χ1v) is 12.1. The number of nitrogens with one attached hydrogen (secondary N) is 1. The van der Waals surface area contributed by atoms with E-state index in [-0.39, 0.29) is 11.4 Å². The molecule has 9 heteroatoms. The Labute approximate surface area is 214 Å². The molecule has 3 aromatic rings. The minimum absolute atomic E-state index is 0.215. The molecule has 4 rings (SSSR count). The Hall–Kier alpha value is -3.07. The average molecular weight is 558 g/mol. The molecule has 0 aliphatic carbocycles. The summed E-state index contributed by atoms with van der Waals surface area (Å²) in [5.41, 5.74) is 2.16. The van der Waals surface area contributed by atoms with E-state index < -0.39 is 17.1 Å². The third-order valence-corrected chi connectivity index (χ3v) is 6.45. The van der Waals surface area contributed by atoms with E-state index in [2.05, 4.69) is 21.2 Å². The van der Waals surface area contributed by atoms with Gasteiger partial charge in [0.2, 0.25) is 5.91 Å². The molecule has 1 saturated heterocycles. The van der Waals surface area contributed by atoms with Crippen molar-refractivity contribution < 1.29 is 19.1 Å². The molecule has 6 nitrogen and oxygen atoms in total. The number of imide groups is 1. The van der Waals surface area contributed by atoms with Crippen LogP contribution in [0.1, 0.15) is 11.1 Å². The summed E-state index contributed by atoms with van der Waals surface area (Å²) in [6.07, 6.45) is 1.60. The largest absolute Gasteiger partial charge is 0.488 e. The summed E-state index contributed by atoms with van der Waals surface area (Å²) >= 11 is 10.1. The van der Waals surface area contributed by atoms with Crippen molar-refractivity contribution in [2.24, 2.45) is 0 Å². The van der Waals surface area contributed by atoms with Gasteiger partial charge in [-0.2, -0.15) is 0 Å². The third kappa shape index (κ3) is 6.08. The lowest BCUT2D eigenvalue weighted by Crippen LogP contribution is -2.36. The van der Waals surface area contributed by atoms with E-state index >= 15 is 0 Å². The molecule has 0 unspecified atom stereocenters. The molecule has 0 bridgehead atoms. The molecule has 1 N–H and O–H groups in total. The van der Waals surface area contributed by atoms with Gasteiger partial charge < -0.3 is 10.1 Å². The van der Waals surface area contributed by atoms with Crippen LogP contribution in [-0.2, 0) is 16.2 Å². The number of hydrogen-bond donors (Lipinski definition) is 1. The van der Waals surface area contributed by atoms with Gasteiger partial charge in [0.05, 0.1) is 4.91 Å². The minimum Gasteiger partial charge on any atom is -0.488 e. The van der Waals surface area contributed by atoms with Gasteiger partial charge in [0.15, 0.2) is 0 Å². The fraction of sp³-hybridized carbons (Fsp3) is 0.0800. The molecule has 34 heavy (non-hydrogen) atoms. The maximum Gasteiger partial charge on any atom is 0.294 e. The van der Waals surface area contributed by atoms with Crippen molar-refractivity contribution in [2.45, 2.75) is 6.61 Å². The number of thioether (sulfide) groups is 1. The molecule has 1 fully saturated rings. The molecule has 0 saturated carbocycles. The summed E-state index contributed by atoms with van der Waals surface area (Å²) in [5, 5.41) is 2.68. The third-order valence-electron chi connectivity index (χ3n) is 4.80. The molecule has 0 radical (unpaired) electrons. The van der Waals surface area contributed by atoms with Crippen molar-refractivity contribution in [3.05, 3.63) is 98.3 Å². The summed E-state index contributed by atoms with van der Waals surface area (Å²) in [6, 6.07) is 21.7. The van der Waals surface area contributed by atoms with Crippen molar-refractivity contribution in [1.82, 2.24) is 4.90 Å². The minimum atomic E-state index is -0.532. The van der Waals surface area contributed by atoms with Crippen LogP contribution in [0.15, 0.2) is 82.2 Å². The number of halogens is 2. The van der Waals surface area contributed by atoms with Crippen molar-refractivity contribution in [3.63, 3.8) is 0 Å². The first-order chi connectivity index (χ1) is 16.4. The Bertz CT molecular complexity index is 1270. The van der Waals surface area contributed by atoms with Gasteiger partial charge in [-0.15, -0.1) is 0 Å². The van der Waals surface area contributed by atoms with Gasteiger partial charge in [-0.3, -0.25) is 19.3 Å². The highest BCUT2D eigenvalue weighted by molar-refractivity contribution is 9.10. The van der Waals surface area contributed by atoms with Crippen LogP contribution in [0.3, 0.4) is 0 Å². The Morgan fingerprint density at radius 1 is 1.06 bits per heavy atom. The number of ether oxygens (including phenoxy) is 1. The number of rotatable bonds is 7. The van der Waals surface area contributed by atoms with Crippen molar-refractivity contribution in [1.29, 1.82) is 0 Å². The number of hydrogen-bond acceptors (Lipinski definition) is 5. The summed E-state index contributed by atoms with van der Waals surface area (Å²) < 4.78 is 6.76. The SMILES string of the molecule is O=C(CN1C(=O)S/C(=C\c2cc(Br)ccc2OCc2ccccc2)C1=O)Nc1ccc(Cl)cc1. The smallest absolute Gasteiger partial charge is 0.294 e. The lowest BCUT2D eigenvalue weighted by molar-refractivity contribution is -0.127. The molecule has 0 aromatic heterocycles. The zero-order valence-corrected chi connectivity index (χ0v) is 20.8. The molecular weight excluding hydrogens is 540 g/mol. The van der Waals surface area contributed by atoms with E-state index in [0.29, 0.717) is 28.6 Å². The second-order valence-corrected chi connectivity index (χ2v) is 9.62. The molecule has 1 aliphatic heterocycles. The fourth-order valence-corrected chi connectivity index (χ4v) is 4.49. The number of carbonyl (C=O) groups is 3. The summed E-state index contributed by atoms with van der Waals surface area (Å²) in [7, 11) is 0. The molecule has 0 atom stereocenters. The van der Waals surface area contributed by atoms with Crippen LogP contribution in [-0.4, -0.2) is 28.5 Å². The Morgan fingerprint density at radius 3 is 2.53 bits per heavy atom. The quantitative estimate of drug-likeness (QED) is 0.342. The molecule has 0 spiro atoms. The Balaban J connectivity index is 1.47. The van der Waals surface area contributed by atoms with Crippen LogP contribution < -0.4 is 10.1 Å². The first-order valence-electron chi connectivity index (χ1n) is 10.2. The van der Waals surface area contributed by atoms with Crippen LogP contribution >= 0.6 is 39.3 Å². The van der Waals surface area contributed by atoms with E-state index in [1.807, 2.05) is 42.5 Å².